The molecule has 0 saturated carbocycles. The normalized spacial score (nSPS) is 10.6. The minimum absolute atomic E-state index is 0.303. The number of nitrogens with one attached hydrogen (secondary N) is 2. The SMILES string of the molecule is Cc1nc(Nc2ncnc(Nc3ccc(F)cc3)c2N)sc1C. The van der Waals surface area contributed by atoms with E-state index in [-0.39, 0.29) is 5.82 Å². The van der Waals surface area contributed by atoms with Crippen LogP contribution in [0.2, 0.25) is 0 Å². The third-order valence-electron chi connectivity index (χ3n) is 3.24. The van der Waals surface area contributed by atoms with Gasteiger partial charge in [-0.2, -0.15) is 0 Å². The van der Waals surface area contributed by atoms with Crippen LogP contribution in [0.1, 0.15) is 10.6 Å². The van der Waals surface area contributed by atoms with Crippen molar-refractivity contribution in [1.82, 2.24) is 15.0 Å². The summed E-state index contributed by atoms with van der Waals surface area (Å²) < 4.78 is 13.0. The summed E-state index contributed by atoms with van der Waals surface area (Å²) in [6, 6.07) is 5.94. The van der Waals surface area contributed by atoms with Gasteiger partial charge in [0.1, 0.15) is 17.8 Å². The van der Waals surface area contributed by atoms with Gasteiger partial charge in [0.25, 0.3) is 0 Å². The minimum atomic E-state index is -0.303. The zero-order valence-corrected chi connectivity index (χ0v) is 13.4. The number of nitrogens with two attached hydrogens (primary N) is 1. The first-order valence-electron chi connectivity index (χ1n) is 6.87. The monoisotopic (exact) mass is 330 g/mol. The first kappa shape index (κ1) is 15.2. The van der Waals surface area contributed by atoms with Gasteiger partial charge in [-0.05, 0) is 38.1 Å². The van der Waals surface area contributed by atoms with Crippen LogP contribution in [0.3, 0.4) is 0 Å². The van der Waals surface area contributed by atoms with E-state index in [4.69, 9.17) is 5.73 Å². The average Bonchev–Trinajstić information content (AvgIpc) is 2.84. The maximum atomic E-state index is 13.0. The molecule has 0 fully saturated rings. The van der Waals surface area contributed by atoms with Crippen LogP contribution in [-0.2, 0) is 0 Å². The summed E-state index contributed by atoms with van der Waals surface area (Å²) in [7, 11) is 0. The van der Waals surface area contributed by atoms with Crippen molar-refractivity contribution in [2.45, 2.75) is 13.8 Å². The first-order valence-corrected chi connectivity index (χ1v) is 7.68. The molecule has 0 atom stereocenters. The van der Waals surface area contributed by atoms with E-state index in [1.165, 1.54) is 29.8 Å². The van der Waals surface area contributed by atoms with E-state index in [9.17, 15) is 4.39 Å². The number of thiazole rings is 1. The van der Waals surface area contributed by atoms with Crippen LogP contribution in [-0.4, -0.2) is 15.0 Å². The zero-order chi connectivity index (χ0) is 16.4. The Morgan fingerprint density at radius 2 is 1.70 bits per heavy atom. The summed E-state index contributed by atoms with van der Waals surface area (Å²) >= 11 is 1.53. The Balaban J connectivity index is 1.84. The van der Waals surface area contributed by atoms with Gasteiger partial charge in [-0.1, -0.05) is 0 Å². The predicted octanol–water partition coefficient (Wildman–Crippen LogP) is 3.76. The Hall–Kier alpha value is -2.74. The van der Waals surface area contributed by atoms with E-state index in [2.05, 4.69) is 25.6 Å². The highest BCUT2D eigenvalue weighted by atomic mass is 32.1. The summed E-state index contributed by atoms with van der Waals surface area (Å²) in [5.74, 6) is 0.612. The molecule has 0 radical (unpaired) electrons. The molecule has 0 bridgehead atoms. The molecular weight excluding hydrogens is 315 g/mol. The summed E-state index contributed by atoms with van der Waals surface area (Å²) in [5.41, 5.74) is 8.12. The van der Waals surface area contributed by atoms with Gasteiger partial charge in [0.2, 0.25) is 0 Å². The van der Waals surface area contributed by atoms with Gasteiger partial charge in [0, 0.05) is 10.6 Å². The van der Waals surface area contributed by atoms with Crippen molar-refractivity contribution in [1.29, 1.82) is 0 Å². The summed E-state index contributed by atoms with van der Waals surface area (Å²) in [6.45, 7) is 3.95. The number of hydrogen-bond acceptors (Lipinski definition) is 7. The van der Waals surface area contributed by atoms with Crippen LogP contribution < -0.4 is 16.4 Å². The second-order valence-electron chi connectivity index (χ2n) is 4.90. The van der Waals surface area contributed by atoms with Gasteiger partial charge in [-0.25, -0.2) is 19.3 Å². The molecule has 0 amide bonds. The molecule has 3 aromatic rings. The van der Waals surface area contributed by atoms with E-state index in [0.29, 0.717) is 23.0 Å². The second-order valence-corrected chi connectivity index (χ2v) is 6.11. The highest BCUT2D eigenvalue weighted by Crippen LogP contribution is 2.30. The Morgan fingerprint density at radius 1 is 1.04 bits per heavy atom. The molecular formula is C15H15FN6S. The third-order valence-corrected chi connectivity index (χ3v) is 4.23. The molecule has 6 nitrogen and oxygen atoms in total. The van der Waals surface area contributed by atoms with Crippen molar-refractivity contribution in [2.24, 2.45) is 0 Å². The number of aromatic nitrogens is 3. The van der Waals surface area contributed by atoms with Crippen molar-refractivity contribution in [3.8, 4) is 0 Å². The minimum Gasteiger partial charge on any atom is -0.393 e. The molecule has 4 N–H and O–H groups in total. The molecule has 0 aliphatic rings. The second kappa shape index (κ2) is 6.17. The molecule has 8 heteroatoms. The van der Waals surface area contributed by atoms with Gasteiger partial charge in [-0.3, -0.25) is 0 Å². The number of anilines is 5. The Bertz CT molecular complexity index is 811. The smallest absolute Gasteiger partial charge is 0.188 e. The molecule has 0 aliphatic carbocycles. The molecule has 3 rings (SSSR count). The fourth-order valence-corrected chi connectivity index (χ4v) is 2.71. The summed E-state index contributed by atoms with van der Waals surface area (Å²) in [6.07, 6.45) is 1.40. The lowest BCUT2D eigenvalue weighted by atomic mass is 10.3. The quantitative estimate of drug-likeness (QED) is 0.675. The largest absolute Gasteiger partial charge is 0.393 e. The topological polar surface area (TPSA) is 88.8 Å². The Labute approximate surface area is 136 Å². The number of rotatable bonds is 4. The van der Waals surface area contributed by atoms with E-state index < -0.39 is 0 Å². The standard InChI is InChI=1S/C15H15FN6S/c1-8-9(2)23-15(20-8)22-14-12(17)13(18-7-19-14)21-11-5-3-10(16)4-6-11/h3-7H,17H2,1-2H3,(H2,18,19,20,21,22). The number of nitrogens with zero attached hydrogens (tertiary/aromatic N) is 3. The van der Waals surface area contributed by atoms with Crippen LogP contribution in [0.5, 0.6) is 0 Å². The lowest BCUT2D eigenvalue weighted by Gasteiger charge is -2.11. The van der Waals surface area contributed by atoms with E-state index in [1.54, 1.807) is 12.1 Å². The maximum Gasteiger partial charge on any atom is 0.188 e. The van der Waals surface area contributed by atoms with Gasteiger partial charge < -0.3 is 16.4 Å². The van der Waals surface area contributed by atoms with Gasteiger partial charge >= 0.3 is 0 Å². The number of nitrogen functional groups attached to an aromatic ring is 1. The fourth-order valence-electron chi connectivity index (χ4n) is 1.89. The van der Waals surface area contributed by atoms with Gasteiger partial charge in [-0.15, -0.1) is 11.3 Å². The molecule has 0 aliphatic heterocycles. The van der Waals surface area contributed by atoms with Crippen molar-refractivity contribution in [3.63, 3.8) is 0 Å². The molecule has 0 saturated heterocycles. The fraction of sp³-hybridized carbons (Fsp3) is 0.133. The lowest BCUT2D eigenvalue weighted by Crippen LogP contribution is -2.05. The molecule has 2 heterocycles. The van der Waals surface area contributed by atoms with E-state index in [1.807, 2.05) is 13.8 Å². The van der Waals surface area contributed by atoms with Crippen LogP contribution in [0, 0.1) is 19.7 Å². The Kier molecular flexibility index (Phi) is 4.07. The van der Waals surface area contributed by atoms with Crippen molar-refractivity contribution < 1.29 is 4.39 Å². The van der Waals surface area contributed by atoms with Crippen molar-refractivity contribution >= 4 is 39.5 Å². The zero-order valence-electron chi connectivity index (χ0n) is 12.6. The highest BCUT2D eigenvalue weighted by molar-refractivity contribution is 7.15. The average molecular weight is 330 g/mol. The molecule has 118 valence electrons. The van der Waals surface area contributed by atoms with Crippen molar-refractivity contribution in [2.75, 3.05) is 16.4 Å². The lowest BCUT2D eigenvalue weighted by molar-refractivity contribution is 0.628. The first-order chi connectivity index (χ1) is 11.0. The van der Waals surface area contributed by atoms with Crippen LogP contribution in [0.25, 0.3) is 0 Å². The molecule has 0 unspecified atom stereocenters. The van der Waals surface area contributed by atoms with E-state index in [0.717, 1.165) is 15.7 Å². The Morgan fingerprint density at radius 3 is 2.30 bits per heavy atom. The van der Waals surface area contributed by atoms with Crippen LogP contribution in [0.4, 0.5) is 32.5 Å². The number of hydrogen-bond donors (Lipinski definition) is 3. The van der Waals surface area contributed by atoms with Gasteiger partial charge in [0.15, 0.2) is 16.8 Å². The summed E-state index contributed by atoms with van der Waals surface area (Å²) in [4.78, 5) is 13.8. The van der Waals surface area contributed by atoms with E-state index >= 15 is 0 Å². The highest BCUT2D eigenvalue weighted by Gasteiger charge is 2.11. The molecule has 0 spiro atoms. The summed E-state index contributed by atoms with van der Waals surface area (Å²) in [5, 5.41) is 6.86. The third kappa shape index (κ3) is 3.37. The maximum absolute atomic E-state index is 13.0. The number of halogens is 1. The molecule has 1 aromatic carbocycles. The van der Waals surface area contributed by atoms with Crippen molar-refractivity contribution in [3.05, 3.63) is 47.0 Å². The molecule has 23 heavy (non-hydrogen) atoms. The van der Waals surface area contributed by atoms with Crippen LogP contribution in [0.15, 0.2) is 30.6 Å². The van der Waals surface area contributed by atoms with Gasteiger partial charge in [0.05, 0.1) is 5.69 Å². The number of benzene rings is 1. The number of aryl methyl sites for hydroxylation is 2. The van der Waals surface area contributed by atoms with Crippen LogP contribution >= 0.6 is 11.3 Å². The molecule has 2 aromatic heterocycles. The predicted molar refractivity (Wildman–Crippen MR) is 91.0 cm³/mol.